The molecule has 0 radical (unpaired) electrons. The van der Waals surface area contributed by atoms with E-state index in [1.165, 1.54) is 52.0 Å². The molecule has 3 fully saturated rings. The Morgan fingerprint density at radius 2 is 2.00 bits per heavy atom. The van der Waals surface area contributed by atoms with Crippen molar-refractivity contribution in [3.63, 3.8) is 0 Å². The van der Waals surface area contributed by atoms with Crippen LogP contribution in [0.25, 0.3) is 0 Å². The van der Waals surface area contributed by atoms with Gasteiger partial charge in [0.2, 0.25) is 0 Å². The van der Waals surface area contributed by atoms with Crippen LogP contribution in [0.2, 0.25) is 0 Å². The summed E-state index contributed by atoms with van der Waals surface area (Å²) >= 11 is 0. The van der Waals surface area contributed by atoms with E-state index in [1.807, 2.05) is 0 Å². The molecule has 3 aliphatic heterocycles. The van der Waals surface area contributed by atoms with E-state index in [0.717, 1.165) is 24.0 Å². The van der Waals surface area contributed by atoms with Gasteiger partial charge < -0.3 is 5.32 Å². The first kappa shape index (κ1) is 11.9. The third-order valence-corrected chi connectivity index (χ3v) is 5.12. The van der Waals surface area contributed by atoms with E-state index in [0.29, 0.717) is 0 Å². The molecule has 0 aromatic carbocycles. The largest absolute Gasteiger partial charge is 0.315 e. The normalized spacial score (nSPS) is 40.1. The van der Waals surface area contributed by atoms with Gasteiger partial charge in [0.05, 0.1) is 0 Å². The monoisotopic (exact) mass is 237 g/mol. The van der Waals surface area contributed by atoms with Crippen molar-refractivity contribution in [1.29, 1.82) is 0 Å². The third kappa shape index (κ3) is 2.25. The number of fused-ring (bicyclic) bond motifs is 1. The smallest absolute Gasteiger partial charge is 0.0264 e. The fourth-order valence-electron chi connectivity index (χ4n) is 4.06. The third-order valence-electron chi connectivity index (χ3n) is 5.12. The predicted octanol–water partition coefficient (Wildman–Crippen LogP) is 1.15. The number of nitrogens with zero attached hydrogens (tertiary/aromatic N) is 2. The summed E-state index contributed by atoms with van der Waals surface area (Å²) in [5, 5.41) is 3.60. The van der Waals surface area contributed by atoms with Crippen LogP contribution in [0.15, 0.2) is 0 Å². The highest BCUT2D eigenvalue weighted by Gasteiger charge is 2.40. The van der Waals surface area contributed by atoms with Crippen LogP contribution in [0.3, 0.4) is 0 Å². The second kappa shape index (κ2) is 4.87. The SMILES string of the molecule is CC(C)N1CCC(N2CCCC3CNCC32)C1. The van der Waals surface area contributed by atoms with Crippen molar-refractivity contribution in [3.8, 4) is 0 Å². The first-order chi connectivity index (χ1) is 8.25. The fraction of sp³-hybridized carbons (Fsp3) is 1.00. The second-order valence-electron chi connectivity index (χ2n) is 6.40. The Hall–Kier alpha value is -0.120. The molecule has 0 aromatic rings. The molecule has 3 heterocycles. The van der Waals surface area contributed by atoms with E-state index in [1.54, 1.807) is 0 Å². The Balaban J connectivity index is 1.64. The van der Waals surface area contributed by atoms with Crippen molar-refractivity contribution in [2.45, 2.75) is 51.2 Å². The average Bonchev–Trinajstić information content (AvgIpc) is 2.97. The lowest BCUT2D eigenvalue weighted by Gasteiger charge is -2.41. The van der Waals surface area contributed by atoms with Crippen molar-refractivity contribution < 1.29 is 0 Å². The maximum absolute atomic E-state index is 3.60. The second-order valence-corrected chi connectivity index (χ2v) is 6.40. The van der Waals surface area contributed by atoms with Crippen molar-refractivity contribution in [2.75, 3.05) is 32.7 Å². The van der Waals surface area contributed by atoms with Crippen molar-refractivity contribution in [3.05, 3.63) is 0 Å². The Bertz CT molecular complexity index is 266. The summed E-state index contributed by atoms with van der Waals surface area (Å²) in [6.45, 7) is 11.1. The zero-order valence-electron chi connectivity index (χ0n) is 11.4. The number of rotatable bonds is 2. The zero-order valence-corrected chi connectivity index (χ0v) is 11.4. The van der Waals surface area contributed by atoms with E-state index in [9.17, 15) is 0 Å². The summed E-state index contributed by atoms with van der Waals surface area (Å²) in [6.07, 6.45) is 4.26. The van der Waals surface area contributed by atoms with E-state index in [-0.39, 0.29) is 0 Å². The molecule has 3 heteroatoms. The first-order valence-corrected chi connectivity index (χ1v) is 7.46. The van der Waals surface area contributed by atoms with Crippen LogP contribution in [-0.4, -0.2) is 60.6 Å². The molecule has 17 heavy (non-hydrogen) atoms. The van der Waals surface area contributed by atoms with Crippen molar-refractivity contribution >= 4 is 0 Å². The topological polar surface area (TPSA) is 18.5 Å². The minimum atomic E-state index is 0.724. The van der Waals surface area contributed by atoms with Gasteiger partial charge in [-0.2, -0.15) is 0 Å². The standard InChI is InChI=1S/C14H27N3/c1-11(2)16-7-5-13(10-16)17-6-3-4-12-8-15-9-14(12)17/h11-15H,3-10H2,1-2H3. The van der Waals surface area contributed by atoms with Crippen LogP contribution >= 0.6 is 0 Å². The van der Waals surface area contributed by atoms with Gasteiger partial charge in [-0.1, -0.05) is 0 Å². The number of hydrogen-bond acceptors (Lipinski definition) is 3. The molecular formula is C14H27N3. The highest BCUT2D eigenvalue weighted by Crippen LogP contribution is 2.31. The summed E-state index contributed by atoms with van der Waals surface area (Å²) in [4.78, 5) is 5.49. The van der Waals surface area contributed by atoms with Gasteiger partial charge in [-0.05, 0) is 52.1 Å². The number of nitrogens with one attached hydrogen (secondary N) is 1. The molecule has 3 unspecified atom stereocenters. The zero-order chi connectivity index (χ0) is 11.8. The molecule has 98 valence electrons. The van der Waals surface area contributed by atoms with Crippen LogP contribution in [0.1, 0.15) is 33.1 Å². The fourth-order valence-corrected chi connectivity index (χ4v) is 4.06. The van der Waals surface area contributed by atoms with Crippen LogP contribution in [-0.2, 0) is 0 Å². The minimum absolute atomic E-state index is 0.724. The molecule has 1 N–H and O–H groups in total. The maximum Gasteiger partial charge on any atom is 0.0264 e. The van der Waals surface area contributed by atoms with Crippen molar-refractivity contribution in [2.24, 2.45) is 5.92 Å². The van der Waals surface area contributed by atoms with E-state index < -0.39 is 0 Å². The van der Waals surface area contributed by atoms with E-state index in [2.05, 4.69) is 29.0 Å². The van der Waals surface area contributed by atoms with Crippen LogP contribution in [0.4, 0.5) is 0 Å². The highest BCUT2D eigenvalue weighted by atomic mass is 15.3. The van der Waals surface area contributed by atoms with Gasteiger partial charge in [-0.15, -0.1) is 0 Å². The Morgan fingerprint density at radius 3 is 2.76 bits per heavy atom. The molecular weight excluding hydrogens is 210 g/mol. The van der Waals surface area contributed by atoms with Crippen LogP contribution in [0, 0.1) is 5.92 Å². The van der Waals surface area contributed by atoms with Gasteiger partial charge in [0.1, 0.15) is 0 Å². The average molecular weight is 237 g/mol. The summed E-state index contributed by atoms with van der Waals surface area (Å²) in [7, 11) is 0. The van der Waals surface area contributed by atoms with Gasteiger partial charge in [-0.3, -0.25) is 9.80 Å². The Kier molecular flexibility index (Phi) is 3.42. The molecule has 3 atom stereocenters. The number of hydrogen-bond donors (Lipinski definition) is 1. The predicted molar refractivity (Wildman–Crippen MR) is 71.2 cm³/mol. The van der Waals surface area contributed by atoms with Gasteiger partial charge in [0.15, 0.2) is 0 Å². The number of piperidine rings is 1. The molecule has 0 bridgehead atoms. The van der Waals surface area contributed by atoms with Crippen molar-refractivity contribution in [1.82, 2.24) is 15.1 Å². The summed E-state index contributed by atoms with van der Waals surface area (Å²) in [5.74, 6) is 0.942. The highest BCUT2D eigenvalue weighted by molar-refractivity contribution is 4.97. The summed E-state index contributed by atoms with van der Waals surface area (Å²) in [5.41, 5.74) is 0. The maximum atomic E-state index is 3.60. The molecule has 3 saturated heterocycles. The lowest BCUT2D eigenvalue weighted by Crippen LogP contribution is -2.51. The van der Waals surface area contributed by atoms with Gasteiger partial charge in [0, 0.05) is 37.8 Å². The Labute approximate surface area is 106 Å². The van der Waals surface area contributed by atoms with Crippen LogP contribution in [0.5, 0.6) is 0 Å². The lowest BCUT2D eigenvalue weighted by atomic mass is 9.90. The lowest BCUT2D eigenvalue weighted by molar-refractivity contribution is 0.0778. The minimum Gasteiger partial charge on any atom is -0.315 e. The molecule has 0 saturated carbocycles. The van der Waals surface area contributed by atoms with Gasteiger partial charge >= 0.3 is 0 Å². The number of likely N-dealkylation sites (tertiary alicyclic amines) is 2. The first-order valence-electron chi connectivity index (χ1n) is 7.46. The van der Waals surface area contributed by atoms with E-state index in [4.69, 9.17) is 0 Å². The summed E-state index contributed by atoms with van der Waals surface area (Å²) < 4.78 is 0. The summed E-state index contributed by atoms with van der Waals surface area (Å²) in [6, 6.07) is 2.41. The quantitative estimate of drug-likeness (QED) is 0.777. The molecule has 0 spiro atoms. The molecule has 3 nitrogen and oxygen atoms in total. The molecule has 3 aliphatic rings. The van der Waals surface area contributed by atoms with Crippen LogP contribution < -0.4 is 5.32 Å². The molecule has 0 aliphatic carbocycles. The van der Waals surface area contributed by atoms with Gasteiger partial charge in [-0.25, -0.2) is 0 Å². The molecule has 0 amide bonds. The van der Waals surface area contributed by atoms with E-state index >= 15 is 0 Å². The Morgan fingerprint density at radius 1 is 1.12 bits per heavy atom. The van der Waals surface area contributed by atoms with Gasteiger partial charge in [0.25, 0.3) is 0 Å². The molecule has 3 rings (SSSR count). The molecule has 0 aromatic heterocycles.